The average Bonchev–Trinajstić information content (AvgIpc) is 1.50. The van der Waals surface area contributed by atoms with Crippen molar-refractivity contribution >= 4 is 23.5 Å². The smallest absolute Gasteiger partial charge is 0.160 e. The molecule has 0 radical (unpaired) electrons. The van der Waals surface area contributed by atoms with Crippen LogP contribution in [0.2, 0.25) is 0 Å². The fourth-order valence-corrected chi connectivity index (χ4v) is 19.9. The van der Waals surface area contributed by atoms with Gasteiger partial charge in [-0.15, -0.1) is 0 Å². The van der Waals surface area contributed by atoms with Gasteiger partial charge in [0.1, 0.15) is 0 Å². The van der Waals surface area contributed by atoms with Crippen LogP contribution in [-0.4, -0.2) is 19.9 Å². The molecule has 4 heterocycles. The normalized spacial score (nSPS) is 14.7. The highest BCUT2D eigenvalue weighted by molar-refractivity contribution is 8.00. The van der Waals surface area contributed by atoms with Gasteiger partial charge in [-0.2, -0.15) is 10.5 Å². The first-order valence-electron chi connectivity index (χ1n) is 36.8. The van der Waals surface area contributed by atoms with Crippen LogP contribution in [0.25, 0.3) is 123 Å². The van der Waals surface area contributed by atoms with Gasteiger partial charge in [-0.3, -0.25) is 0 Å². The molecule has 2 aliphatic carbocycles. The first kappa shape index (κ1) is 65.6. The van der Waals surface area contributed by atoms with Crippen LogP contribution in [0.1, 0.15) is 55.6 Å². The van der Waals surface area contributed by atoms with E-state index in [9.17, 15) is 10.5 Å². The highest BCUT2D eigenvalue weighted by Crippen LogP contribution is 2.67. The molecule has 0 bridgehead atoms. The number of aromatic nitrogens is 4. The van der Waals surface area contributed by atoms with Crippen LogP contribution in [-0.2, 0) is 10.8 Å². The standard InChI is InChI=1S/C54H33N3S.C48H29N3S/c55-34-35-25-27-37(28-26-35)42-19-12-23-47-52(42)58-50-24-10-9-21-45(50)54(47)44-20-8-7-17-43(44)51-41(18-11-22-46(51)54)36-29-31-39(32-30-36)49-33-48(38-13-3-1-4-14-38)56-53(57-49)40-15-5-2-6-16-40;49-30-31-25-27-32(28-26-31)35-18-11-23-41-46(35)52-44-24-10-9-21-39(44)48(41)38-20-8-7-17-36(38)45-37(19-12-22-40(45)48)43-29-42(33-13-3-1-4-14-33)50-47(51-43)34-15-5-2-6-16-34/h1-33H;1-29H. The van der Waals surface area contributed by atoms with Crippen molar-refractivity contribution in [2.75, 3.05) is 0 Å². The molecule has 2 spiro atoms. The van der Waals surface area contributed by atoms with Crippen LogP contribution in [0, 0.1) is 22.7 Å². The minimum atomic E-state index is -0.556. The van der Waals surface area contributed by atoms with E-state index in [4.69, 9.17) is 19.9 Å². The summed E-state index contributed by atoms with van der Waals surface area (Å²) in [5, 5.41) is 19.1. The second-order valence-corrected chi connectivity index (χ2v) is 30.1. The number of hydrogen-bond acceptors (Lipinski definition) is 8. The molecule has 17 aromatic rings. The topological polar surface area (TPSA) is 99.1 Å². The Morgan fingerprint density at radius 1 is 0.218 bits per heavy atom. The van der Waals surface area contributed by atoms with Gasteiger partial charge >= 0.3 is 0 Å². The number of hydrogen-bond donors (Lipinski definition) is 0. The number of nitriles is 2. The van der Waals surface area contributed by atoms with Gasteiger partial charge < -0.3 is 0 Å². The second kappa shape index (κ2) is 27.2. The van der Waals surface area contributed by atoms with Crippen molar-refractivity contribution in [1.29, 1.82) is 10.5 Å². The Morgan fingerprint density at radius 2 is 0.509 bits per heavy atom. The van der Waals surface area contributed by atoms with Gasteiger partial charge in [-0.1, -0.05) is 351 Å². The highest BCUT2D eigenvalue weighted by Gasteiger charge is 2.53. The molecule has 8 heteroatoms. The Morgan fingerprint density at radius 3 is 0.945 bits per heavy atom. The Bertz CT molecular complexity index is 6480. The zero-order valence-electron chi connectivity index (χ0n) is 59.3. The van der Waals surface area contributed by atoms with Crippen LogP contribution in [0.15, 0.2) is 396 Å². The monoisotopic (exact) mass is 1430 g/mol. The minimum absolute atomic E-state index is 0.524. The van der Waals surface area contributed by atoms with Crippen LogP contribution in [0.4, 0.5) is 0 Å². The zero-order chi connectivity index (χ0) is 73.3. The molecule has 2 aromatic heterocycles. The fraction of sp³-hybridized carbons (Fsp3) is 0.0196. The second-order valence-electron chi connectivity index (χ2n) is 28.0. The Labute approximate surface area is 647 Å². The molecule has 15 aromatic carbocycles. The third-order valence-electron chi connectivity index (χ3n) is 22.1. The Kier molecular flexibility index (Phi) is 16.2. The van der Waals surface area contributed by atoms with Gasteiger partial charge in [0, 0.05) is 53.0 Å². The summed E-state index contributed by atoms with van der Waals surface area (Å²) in [6.07, 6.45) is 0. The number of nitrogens with zero attached hydrogens (tertiary/aromatic N) is 6. The van der Waals surface area contributed by atoms with E-state index >= 15 is 0 Å². The molecule has 4 aliphatic rings. The van der Waals surface area contributed by atoms with E-state index in [-0.39, 0.29) is 0 Å². The van der Waals surface area contributed by atoms with Gasteiger partial charge in [-0.25, -0.2) is 19.9 Å². The summed E-state index contributed by atoms with van der Waals surface area (Å²) in [4.78, 5) is 25.5. The van der Waals surface area contributed by atoms with Crippen molar-refractivity contribution in [2.45, 2.75) is 30.4 Å². The van der Waals surface area contributed by atoms with Gasteiger partial charge in [-0.05, 0) is 149 Å². The highest BCUT2D eigenvalue weighted by atomic mass is 32.2. The maximum Gasteiger partial charge on any atom is 0.160 e. The predicted octanol–water partition coefficient (Wildman–Crippen LogP) is 25.4. The molecule has 0 saturated heterocycles. The van der Waals surface area contributed by atoms with Crippen LogP contribution in [0.3, 0.4) is 0 Å². The van der Waals surface area contributed by atoms with E-state index in [0.29, 0.717) is 22.8 Å². The van der Waals surface area contributed by atoms with E-state index in [0.717, 1.165) is 72.8 Å². The lowest BCUT2D eigenvalue weighted by atomic mass is 9.67. The van der Waals surface area contributed by atoms with Crippen LogP contribution >= 0.6 is 23.5 Å². The number of fused-ring (bicyclic) bond motifs is 18. The van der Waals surface area contributed by atoms with Crippen molar-refractivity contribution in [3.8, 4) is 136 Å². The third-order valence-corrected chi connectivity index (χ3v) is 24.5. The summed E-state index contributed by atoms with van der Waals surface area (Å²) >= 11 is 3.69. The quantitative estimate of drug-likeness (QED) is 0.141. The Balaban J connectivity index is 0.000000145. The van der Waals surface area contributed by atoms with Crippen molar-refractivity contribution in [2.24, 2.45) is 0 Å². The molecule has 6 nitrogen and oxygen atoms in total. The maximum absolute atomic E-state index is 9.54. The molecule has 0 N–H and O–H groups in total. The molecule has 2 unspecified atom stereocenters. The van der Waals surface area contributed by atoms with E-state index in [1.54, 1.807) is 0 Å². The molecule has 0 amide bonds. The van der Waals surface area contributed by atoms with E-state index in [1.165, 1.54) is 103 Å². The SMILES string of the molecule is N#Cc1ccc(-c2cccc3c2Sc2ccccc2C32c3ccccc3-c3c(-c4cc(-c5ccccc5)nc(-c5ccccc5)n4)cccc32)cc1.N#Cc1ccc(-c2cccc3c2Sc2ccccc2C32c3ccccc3-c3c(-c4ccc(-c5cc(-c6ccccc6)nc(-c6ccccc6)n5)cc4)cccc32)cc1. The molecule has 0 saturated carbocycles. The minimum Gasteiger partial charge on any atom is -0.228 e. The summed E-state index contributed by atoms with van der Waals surface area (Å²) in [6.45, 7) is 0. The first-order chi connectivity index (χ1) is 54.4. The molecular formula is C102H62N6S2. The number of benzene rings is 15. The largest absolute Gasteiger partial charge is 0.228 e. The van der Waals surface area contributed by atoms with Crippen molar-refractivity contribution in [3.63, 3.8) is 0 Å². The number of rotatable bonds is 9. The van der Waals surface area contributed by atoms with Crippen LogP contribution < -0.4 is 0 Å². The lowest BCUT2D eigenvalue weighted by molar-refractivity contribution is 0.723. The van der Waals surface area contributed by atoms with Crippen LogP contribution in [0.5, 0.6) is 0 Å². The van der Waals surface area contributed by atoms with Crippen molar-refractivity contribution in [3.05, 3.63) is 432 Å². The van der Waals surface area contributed by atoms with E-state index in [2.05, 4.69) is 303 Å². The maximum atomic E-state index is 9.54. The van der Waals surface area contributed by atoms with Gasteiger partial charge in [0.05, 0.1) is 56.9 Å². The van der Waals surface area contributed by atoms with Gasteiger partial charge in [0.25, 0.3) is 0 Å². The first-order valence-corrected chi connectivity index (χ1v) is 38.5. The summed E-state index contributed by atoms with van der Waals surface area (Å²) in [6, 6.07) is 138. The summed E-state index contributed by atoms with van der Waals surface area (Å²) in [5.41, 5.74) is 32.0. The molecule has 512 valence electrons. The summed E-state index contributed by atoms with van der Waals surface area (Å²) in [7, 11) is 0. The average molecular weight is 1440 g/mol. The van der Waals surface area contributed by atoms with Gasteiger partial charge in [0.15, 0.2) is 11.6 Å². The van der Waals surface area contributed by atoms with Crippen molar-refractivity contribution < 1.29 is 0 Å². The lowest BCUT2D eigenvalue weighted by Gasteiger charge is -2.40. The Hall–Kier alpha value is -13.9. The van der Waals surface area contributed by atoms with Gasteiger partial charge in [0.2, 0.25) is 0 Å². The molecule has 2 aliphatic heterocycles. The molecule has 2 atom stereocenters. The predicted molar refractivity (Wildman–Crippen MR) is 445 cm³/mol. The molecule has 110 heavy (non-hydrogen) atoms. The van der Waals surface area contributed by atoms with E-state index in [1.807, 2.05) is 108 Å². The third kappa shape index (κ3) is 10.7. The van der Waals surface area contributed by atoms with Crippen molar-refractivity contribution in [1.82, 2.24) is 19.9 Å². The molecule has 21 rings (SSSR count). The van der Waals surface area contributed by atoms with E-state index < -0.39 is 10.8 Å². The molecular weight excluding hydrogens is 1370 g/mol. The lowest BCUT2D eigenvalue weighted by Crippen LogP contribution is -2.32. The molecule has 0 fully saturated rings. The fourth-order valence-electron chi connectivity index (χ4n) is 17.2. The zero-order valence-corrected chi connectivity index (χ0v) is 60.9. The summed E-state index contributed by atoms with van der Waals surface area (Å²) in [5.74, 6) is 1.41. The summed E-state index contributed by atoms with van der Waals surface area (Å²) < 4.78 is 0.